The minimum atomic E-state index is -4.96. The first-order chi connectivity index (χ1) is 39.1. The highest BCUT2D eigenvalue weighted by atomic mass is 19.4. The largest absolute Gasteiger partial charge is 0.416 e. The molecule has 0 fully saturated rings. The van der Waals surface area contributed by atoms with E-state index in [0.717, 1.165) is 46.5 Å². The minimum Gasteiger partial charge on any atom is -0.308 e. The lowest BCUT2D eigenvalue weighted by Crippen LogP contribution is -2.12. The second kappa shape index (κ2) is 19.2. The Bertz CT molecular complexity index is 4320. The monoisotopic (exact) mass is 1050 g/mol. The number of benzene rings is 10. The molecule has 4 heterocycles. The molecule has 0 saturated carbocycles. The van der Waals surface area contributed by atoms with Crippen LogP contribution >= 0.6 is 0 Å². The molecule has 80 heavy (non-hydrogen) atoms. The highest BCUT2D eigenvalue weighted by Crippen LogP contribution is 2.47. The third kappa shape index (κ3) is 8.30. The second-order valence-corrected chi connectivity index (χ2v) is 19.2. The van der Waals surface area contributed by atoms with Crippen molar-refractivity contribution in [3.05, 3.63) is 254 Å². The van der Waals surface area contributed by atoms with E-state index in [1.807, 2.05) is 182 Å². The van der Waals surface area contributed by atoms with E-state index in [2.05, 4.69) is 0 Å². The summed E-state index contributed by atoms with van der Waals surface area (Å²) < 4.78 is 85.7. The third-order valence-electron chi connectivity index (χ3n) is 14.4. The molecule has 0 saturated heterocycles. The van der Waals surface area contributed by atoms with Gasteiger partial charge in [0.05, 0.1) is 44.6 Å². The summed E-state index contributed by atoms with van der Waals surface area (Å²) in [7, 11) is 0. The van der Waals surface area contributed by atoms with Crippen molar-refractivity contribution in [1.29, 1.82) is 0 Å². The third-order valence-corrected chi connectivity index (χ3v) is 14.4. The molecule has 0 spiro atoms. The average molecular weight is 1050 g/mol. The lowest BCUT2D eigenvalue weighted by atomic mass is 9.96. The standard InChI is InChI=1S/C67H39F5N8/c68-51-28-17-29-52(69)59(51)60-57(79-53-30-15-13-26-47(53)49-34-32-44(36-55(49)79)65-75-61(40-18-5-1-6-19-40)73-62(76-65)41-20-7-2-8-21-41)38-46(67(70,71)72)39-58(60)80-54-31-16-14-27-48(54)50-35-33-45(37-56(50)80)66-77-63(42-22-9-3-10-23-42)74-64(78-66)43-24-11-4-12-25-43/h1-39H. The maximum atomic E-state index is 17.1. The van der Waals surface area contributed by atoms with E-state index in [1.54, 1.807) is 33.4 Å². The van der Waals surface area contributed by atoms with Crippen molar-refractivity contribution < 1.29 is 22.0 Å². The number of alkyl halides is 3. The fourth-order valence-corrected chi connectivity index (χ4v) is 10.7. The van der Waals surface area contributed by atoms with Crippen molar-refractivity contribution in [2.75, 3.05) is 0 Å². The first-order valence-electron chi connectivity index (χ1n) is 25.6. The summed E-state index contributed by atoms with van der Waals surface area (Å²) in [5, 5.41) is 2.68. The van der Waals surface area contributed by atoms with E-state index in [-0.39, 0.29) is 16.9 Å². The maximum Gasteiger partial charge on any atom is 0.416 e. The van der Waals surface area contributed by atoms with Crippen LogP contribution in [-0.2, 0) is 6.18 Å². The van der Waals surface area contributed by atoms with Gasteiger partial charge in [-0.25, -0.2) is 38.7 Å². The van der Waals surface area contributed by atoms with E-state index < -0.39 is 28.9 Å². The van der Waals surface area contributed by atoms with Gasteiger partial charge in [0.2, 0.25) is 0 Å². The van der Waals surface area contributed by atoms with Gasteiger partial charge >= 0.3 is 6.18 Å². The average Bonchev–Trinajstić information content (AvgIpc) is 3.72. The van der Waals surface area contributed by atoms with Crippen molar-refractivity contribution in [2.24, 2.45) is 0 Å². The van der Waals surface area contributed by atoms with Crippen molar-refractivity contribution in [3.63, 3.8) is 0 Å². The van der Waals surface area contributed by atoms with Gasteiger partial charge in [0, 0.05) is 60.5 Å². The van der Waals surface area contributed by atoms with Crippen LogP contribution in [0.5, 0.6) is 0 Å². The van der Waals surface area contributed by atoms with Crippen LogP contribution in [0.3, 0.4) is 0 Å². The lowest BCUT2D eigenvalue weighted by Gasteiger charge is -2.23. The van der Waals surface area contributed by atoms with Gasteiger partial charge in [-0.05, 0) is 48.5 Å². The summed E-state index contributed by atoms with van der Waals surface area (Å²) in [4.78, 5) is 29.7. The van der Waals surface area contributed by atoms with E-state index in [4.69, 9.17) is 29.9 Å². The van der Waals surface area contributed by atoms with Crippen molar-refractivity contribution in [1.82, 2.24) is 39.0 Å². The maximum absolute atomic E-state index is 17.1. The Morgan fingerprint density at radius 2 is 0.588 bits per heavy atom. The van der Waals surface area contributed by atoms with Gasteiger partial charge in [-0.3, -0.25) is 0 Å². The van der Waals surface area contributed by atoms with Crippen molar-refractivity contribution in [3.8, 4) is 90.8 Å². The van der Waals surface area contributed by atoms with Crippen LogP contribution in [0, 0.1) is 11.6 Å². The summed E-state index contributed by atoms with van der Waals surface area (Å²) in [5.41, 5.74) is 3.87. The van der Waals surface area contributed by atoms with E-state index >= 15 is 22.0 Å². The molecule has 14 aromatic rings. The molecule has 382 valence electrons. The van der Waals surface area contributed by atoms with Gasteiger partial charge in [0.15, 0.2) is 34.9 Å². The smallest absolute Gasteiger partial charge is 0.308 e. The normalized spacial score (nSPS) is 11.8. The topological polar surface area (TPSA) is 87.2 Å². The number of fused-ring (bicyclic) bond motifs is 6. The number of nitrogens with zero attached hydrogens (tertiary/aromatic N) is 8. The summed E-state index contributed by atoms with van der Waals surface area (Å²) >= 11 is 0. The molecule has 13 heteroatoms. The number of rotatable bonds is 9. The molecule has 0 aliphatic heterocycles. The van der Waals surface area contributed by atoms with Gasteiger partial charge in [-0.15, -0.1) is 0 Å². The van der Waals surface area contributed by atoms with Crippen LogP contribution in [0.2, 0.25) is 0 Å². The predicted molar refractivity (Wildman–Crippen MR) is 305 cm³/mol. The van der Waals surface area contributed by atoms with E-state index in [0.29, 0.717) is 89.7 Å². The number of hydrogen-bond donors (Lipinski definition) is 0. The van der Waals surface area contributed by atoms with Crippen LogP contribution in [0.25, 0.3) is 134 Å². The Labute approximate surface area is 453 Å². The molecule has 0 amide bonds. The van der Waals surface area contributed by atoms with Crippen molar-refractivity contribution >= 4 is 43.6 Å². The lowest BCUT2D eigenvalue weighted by molar-refractivity contribution is -0.137. The van der Waals surface area contributed by atoms with Gasteiger partial charge in [-0.2, -0.15) is 13.2 Å². The zero-order valence-electron chi connectivity index (χ0n) is 42.0. The number of halogens is 5. The fourth-order valence-electron chi connectivity index (χ4n) is 10.7. The molecule has 10 aromatic carbocycles. The van der Waals surface area contributed by atoms with Gasteiger partial charge in [0.1, 0.15) is 11.6 Å². The fraction of sp³-hybridized carbons (Fsp3) is 0.0149. The van der Waals surface area contributed by atoms with E-state index in [1.165, 1.54) is 6.07 Å². The number of hydrogen-bond acceptors (Lipinski definition) is 6. The molecule has 0 radical (unpaired) electrons. The predicted octanol–water partition coefficient (Wildman–Crippen LogP) is 17.2. The Kier molecular flexibility index (Phi) is 11.5. The SMILES string of the molecule is Fc1cccc(F)c1-c1c(-n2c3ccccc3c3ccc(-c4nc(-c5ccccc5)nc(-c5ccccc5)n4)cc32)cc(C(F)(F)F)cc1-n1c2ccccc2c2ccc(-c3nc(-c4ccccc4)nc(-c4ccccc4)n3)cc21. The summed E-state index contributed by atoms with van der Waals surface area (Å²) in [6.45, 7) is 0. The van der Waals surface area contributed by atoms with Gasteiger partial charge < -0.3 is 9.13 Å². The van der Waals surface area contributed by atoms with Crippen molar-refractivity contribution in [2.45, 2.75) is 6.18 Å². The molecule has 0 aliphatic rings. The molecule has 8 nitrogen and oxygen atoms in total. The Balaban J connectivity index is 1.07. The molecule has 4 aromatic heterocycles. The van der Waals surface area contributed by atoms with Crippen LogP contribution in [0.4, 0.5) is 22.0 Å². The molecule has 0 atom stereocenters. The van der Waals surface area contributed by atoms with E-state index in [9.17, 15) is 0 Å². The molecular formula is C67H39F5N8. The van der Waals surface area contributed by atoms with Crippen LogP contribution in [-0.4, -0.2) is 39.0 Å². The molecule has 0 aliphatic carbocycles. The summed E-state index contributed by atoms with van der Waals surface area (Å²) in [6, 6.07) is 69.0. The molecule has 0 N–H and O–H groups in total. The van der Waals surface area contributed by atoms with Crippen LogP contribution in [0.15, 0.2) is 237 Å². The zero-order valence-corrected chi connectivity index (χ0v) is 42.0. The second-order valence-electron chi connectivity index (χ2n) is 19.2. The van der Waals surface area contributed by atoms with Crippen LogP contribution in [0.1, 0.15) is 5.56 Å². The number of aromatic nitrogens is 8. The summed E-state index contributed by atoms with van der Waals surface area (Å²) in [6.07, 6.45) is -4.96. The van der Waals surface area contributed by atoms with Gasteiger partial charge in [0.25, 0.3) is 0 Å². The molecular weight excluding hydrogens is 1010 g/mol. The Hall–Kier alpha value is -10.5. The Morgan fingerprint density at radius 3 is 0.938 bits per heavy atom. The Morgan fingerprint density at radius 1 is 0.275 bits per heavy atom. The van der Waals surface area contributed by atoms with Crippen LogP contribution < -0.4 is 0 Å². The zero-order chi connectivity index (χ0) is 54.1. The molecule has 0 bridgehead atoms. The molecule has 14 rings (SSSR count). The minimum absolute atomic E-state index is 0.132. The number of para-hydroxylation sites is 2. The highest BCUT2D eigenvalue weighted by molar-refractivity contribution is 6.13. The highest BCUT2D eigenvalue weighted by Gasteiger charge is 2.35. The first kappa shape index (κ1) is 47.9. The van der Waals surface area contributed by atoms with Gasteiger partial charge in [-0.1, -0.05) is 188 Å². The molecule has 0 unspecified atom stereocenters. The first-order valence-corrected chi connectivity index (χ1v) is 25.6. The summed E-state index contributed by atoms with van der Waals surface area (Å²) in [5.74, 6) is 0.283. The quantitative estimate of drug-likeness (QED) is 0.134.